The van der Waals surface area contributed by atoms with Gasteiger partial charge in [0, 0.05) is 12.1 Å². The summed E-state index contributed by atoms with van der Waals surface area (Å²) in [5.41, 5.74) is -1.19. The molecule has 0 spiro atoms. The van der Waals surface area contributed by atoms with E-state index in [9.17, 15) is 9.59 Å². The zero-order chi connectivity index (χ0) is 15.4. The minimum atomic E-state index is -1.19. The number of halogens is 1. The number of nitrogens with zero attached hydrogens (tertiary/aromatic N) is 1. The molecule has 0 aromatic rings. The molecule has 0 bridgehead atoms. The standard InChI is InChI=1S/C14H24BrNO3/c1-8-11(15)12(17)14(6,7)19-13(18)16(9(2)3)10(4)5/h8-10H,1-7H3/b11-8+. The molecule has 0 atom stereocenters. The van der Waals surface area contributed by atoms with Gasteiger partial charge in [-0.1, -0.05) is 6.08 Å². The van der Waals surface area contributed by atoms with E-state index in [-0.39, 0.29) is 17.9 Å². The molecule has 0 N–H and O–H groups in total. The molecule has 0 heterocycles. The van der Waals surface area contributed by atoms with Crippen molar-refractivity contribution < 1.29 is 14.3 Å². The number of carbonyl (C=O) groups excluding carboxylic acids is 2. The molecule has 0 rings (SSSR count). The second-order valence-corrected chi connectivity index (χ2v) is 6.29. The molecule has 0 radical (unpaired) electrons. The Labute approximate surface area is 124 Å². The van der Waals surface area contributed by atoms with Crippen molar-refractivity contribution in [3.05, 3.63) is 10.6 Å². The van der Waals surface area contributed by atoms with Gasteiger partial charge in [0.15, 0.2) is 5.60 Å². The van der Waals surface area contributed by atoms with Crippen LogP contribution in [-0.2, 0) is 9.53 Å². The maximum atomic E-state index is 12.2. The van der Waals surface area contributed by atoms with Gasteiger partial charge < -0.3 is 9.64 Å². The van der Waals surface area contributed by atoms with E-state index in [1.807, 2.05) is 27.7 Å². The molecular weight excluding hydrogens is 310 g/mol. The van der Waals surface area contributed by atoms with Crippen molar-refractivity contribution in [2.75, 3.05) is 0 Å². The number of amides is 1. The van der Waals surface area contributed by atoms with Crippen LogP contribution in [0.25, 0.3) is 0 Å². The molecule has 5 heteroatoms. The van der Waals surface area contributed by atoms with E-state index in [0.717, 1.165) is 0 Å². The summed E-state index contributed by atoms with van der Waals surface area (Å²) in [6.07, 6.45) is 1.17. The average molecular weight is 334 g/mol. The number of hydrogen-bond donors (Lipinski definition) is 0. The van der Waals surface area contributed by atoms with Gasteiger partial charge in [0.25, 0.3) is 0 Å². The van der Waals surface area contributed by atoms with Crippen LogP contribution in [0.1, 0.15) is 48.5 Å². The summed E-state index contributed by atoms with van der Waals surface area (Å²) in [5.74, 6) is -0.254. The van der Waals surface area contributed by atoms with E-state index in [0.29, 0.717) is 4.48 Å². The molecule has 0 fully saturated rings. The summed E-state index contributed by atoms with van der Waals surface area (Å²) in [6, 6.07) is 0.0344. The van der Waals surface area contributed by atoms with Crippen molar-refractivity contribution in [2.24, 2.45) is 0 Å². The van der Waals surface area contributed by atoms with Crippen molar-refractivity contribution in [1.29, 1.82) is 0 Å². The smallest absolute Gasteiger partial charge is 0.411 e. The Kier molecular flexibility index (Phi) is 6.77. The Balaban J connectivity index is 5.02. The van der Waals surface area contributed by atoms with Crippen LogP contribution in [0.3, 0.4) is 0 Å². The summed E-state index contributed by atoms with van der Waals surface area (Å²) in [6.45, 7) is 12.6. The second kappa shape index (κ2) is 7.08. The summed E-state index contributed by atoms with van der Waals surface area (Å²) in [5, 5.41) is 0. The minimum absolute atomic E-state index is 0.0172. The lowest BCUT2D eigenvalue weighted by molar-refractivity contribution is -0.130. The summed E-state index contributed by atoms with van der Waals surface area (Å²) >= 11 is 3.17. The predicted octanol–water partition coefficient (Wildman–Crippen LogP) is 3.89. The lowest BCUT2D eigenvalue weighted by Crippen LogP contribution is -2.47. The molecule has 0 aromatic heterocycles. The highest BCUT2D eigenvalue weighted by Gasteiger charge is 2.35. The molecule has 4 nitrogen and oxygen atoms in total. The first-order valence-corrected chi connectivity index (χ1v) is 7.21. The fourth-order valence-corrected chi connectivity index (χ4v) is 2.23. The molecule has 0 saturated carbocycles. The topological polar surface area (TPSA) is 46.6 Å². The number of rotatable bonds is 5. The number of allylic oxidation sites excluding steroid dienone is 1. The lowest BCUT2D eigenvalue weighted by atomic mass is 10.0. The molecule has 0 unspecified atom stereocenters. The first kappa shape index (κ1) is 18.2. The van der Waals surface area contributed by atoms with Gasteiger partial charge >= 0.3 is 6.09 Å². The molecule has 0 aromatic carbocycles. The van der Waals surface area contributed by atoms with Crippen LogP contribution in [0, 0.1) is 0 Å². The molecular formula is C14H24BrNO3. The van der Waals surface area contributed by atoms with Gasteiger partial charge in [-0.25, -0.2) is 4.79 Å². The first-order chi connectivity index (χ1) is 8.54. The largest absolute Gasteiger partial charge is 0.435 e. The molecule has 19 heavy (non-hydrogen) atoms. The number of ketones is 1. The highest BCUT2D eigenvalue weighted by Crippen LogP contribution is 2.22. The number of Topliss-reactive ketones (excluding diaryl/α,β-unsaturated/α-hetero) is 1. The van der Waals surface area contributed by atoms with E-state index in [1.165, 1.54) is 0 Å². The van der Waals surface area contributed by atoms with Gasteiger partial charge in [-0.15, -0.1) is 0 Å². The van der Waals surface area contributed by atoms with Gasteiger partial charge in [0.2, 0.25) is 5.78 Å². The normalized spacial score (nSPS) is 12.8. The zero-order valence-electron chi connectivity index (χ0n) is 12.8. The summed E-state index contributed by atoms with van der Waals surface area (Å²) in [7, 11) is 0. The van der Waals surface area contributed by atoms with Crippen LogP contribution in [-0.4, -0.2) is 34.5 Å². The van der Waals surface area contributed by atoms with Crippen molar-refractivity contribution in [3.8, 4) is 0 Å². The third-order valence-corrected chi connectivity index (χ3v) is 3.50. The van der Waals surface area contributed by atoms with Gasteiger partial charge in [0.05, 0.1) is 4.48 Å². The molecule has 0 saturated heterocycles. The number of carbonyl (C=O) groups is 2. The van der Waals surface area contributed by atoms with Crippen LogP contribution < -0.4 is 0 Å². The molecule has 0 aliphatic heterocycles. The summed E-state index contributed by atoms with van der Waals surface area (Å²) < 4.78 is 5.78. The quantitative estimate of drug-likeness (QED) is 0.717. The van der Waals surface area contributed by atoms with Crippen LogP contribution in [0.5, 0.6) is 0 Å². The summed E-state index contributed by atoms with van der Waals surface area (Å²) in [4.78, 5) is 25.9. The lowest BCUT2D eigenvalue weighted by Gasteiger charge is -2.33. The predicted molar refractivity (Wildman–Crippen MR) is 80.4 cm³/mol. The van der Waals surface area contributed by atoms with Gasteiger partial charge in [0.1, 0.15) is 0 Å². The second-order valence-electron chi connectivity index (χ2n) is 5.44. The highest BCUT2D eigenvalue weighted by molar-refractivity contribution is 9.12. The Morgan fingerprint density at radius 1 is 1.16 bits per heavy atom. The van der Waals surface area contributed by atoms with Crippen LogP contribution in [0.2, 0.25) is 0 Å². The fourth-order valence-electron chi connectivity index (χ4n) is 1.75. The first-order valence-electron chi connectivity index (χ1n) is 6.42. The Hall–Kier alpha value is -0.840. The van der Waals surface area contributed by atoms with Gasteiger partial charge in [-0.3, -0.25) is 4.79 Å². The SMILES string of the molecule is C/C=C(/Br)C(=O)C(C)(C)OC(=O)N(C(C)C)C(C)C. The number of hydrogen-bond acceptors (Lipinski definition) is 3. The van der Waals surface area contributed by atoms with Crippen LogP contribution in [0.15, 0.2) is 10.6 Å². The van der Waals surface area contributed by atoms with E-state index in [2.05, 4.69) is 15.9 Å². The molecule has 0 aliphatic carbocycles. The molecule has 1 amide bonds. The molecule has 110 valence electrons. The van der Waals surface area contributed by atoms with Crippen molar-refractivity contribution in [2.45, 2.75) is 66.2 Å². The number of ether oxygens (including phenoxy) is 1. The maximum Gasteiger partial charge on any atom is 0.411 e. The van der Waals surface area contributed by atoms with Crippen molar-refractivity contribution >= 4 is 27.8 Å². The Morgan fingerprint density at radius 2 is 1.58 bits per heavy atom. The van der Waals surface area contributed by atoms with E-state index >= 15 is 0 Å². The van der Waals surface area contributed by atoms with E-state index in [4.69, 9.17) is 4.74 Å². The van der Waals surface area contributed by atoms with Crippen LogP contribution in [0.4, 0.5) is 4.79 Å². The van der Waals surface area contributed by atoms with Crippen molar-refractivity contribution in [1.82, 2.24) is 4.90 Å². The van der Waals surface area contributed by atoms with Crippen molar-refractivity contribution in [3.63, 3.8) is 0 Å². The average Bonchev–Trinajstić information content (AvgIpc) is 2.24. The van der Waals surface area contributed by atoms with Gasteiger partial charge in [-0.2, -0.15) is 0 Å². The molecule has 0 aliphatic rings. The fraction of sp³-hybridized carbons (Fsp3) is 0.714. The third-order valence-electron chi connectivity index (χ3n) is 2.68. The monoisotopic (exact) mass is 333 g/mol. The zero-order valence-corrected chi connectivity index (χ0v) is 14.4. The van der Waals surface area contributed by atoms with Crippen LogP contribution >= 0.6 is 15.9 Å². The van der Waals surface area contributed by atoms with E-state index < -0.39 is 11.7 Å². The van der Waals surface area contributed by atoms with E-state index in [1.54, 1.807) is 31.7 Å². The maximum absolute atomic E-state index is 12.2. The Morgan fingerprint density at radius 3 is 1.89 bits per heavy atom. The Bertz CT molecular complexity index is 365. The van der Waals surface area contributed by atoms with Gasteiger partial charge in [-0.05, 0) is 64.4 Å². The highest BCUT2D eigenvalue weighted by atomic mass is 79.9. The third kappa shape index (κ3) is 4.97. The minimum Gasteiger partial charge on any atom is -0.435 e.